The molecule has 0 aliphatic heterocycles. The molecule has 0 unspecified atom stereocenters. The summed E-state index contributed by atoms with van der Waals surface area (Å²) in [5.41, 5.74) is 0. The molecule has 2 heteroatoms. The fourth-order valence-corrected chi connectivity index (χ4v) is 0. The summed E-state index contributed by atoms with van der Waals surface area (Å²) in [6, 6.07) is 0. The van der Waals surface area contributed by atoms with Crippen LogP contribution in [0.15, 0.2) is 0 Å². The van der Waals surface area contributed by atoms with Crippen molar-refractivity contribution >= 4 is 14.2 Å². The molecule has 0 saturated heterocycles. The van der Waals surface area contributed by atoms with Crippen molar-refractivity contribution in [1.82, 2.24) is 0 Å². The first-order chi connectivity index (χ1) is 2.27. The molecule has 0 aliphatic carbocycles. The summed E-state index contributed by atoms with van der Waals surface area (Å²) >= 11 is 0. The Bertz CT molecular complexity index is 31.9. The normalized spacial score (nSPS) is 7.60. The van der Waals surface area contributed by atoms with Crippen molar-refractivity contribution in [2.45, 2.75) is 19.7 Å². The van der Waals surface area contributed by atoms with Gasteiger partial charge in [-0.15, -0.1) is 0 Å². The summed E-state index contributed by atoms with van der Waals surface area (Å²) < 4.78 is 0. The van der Waals surface area contributed by atoms with Crippen molar-refractivity contribution in [3.05, 3.63) is 0 Å². The predicted molar refractivity (Wildman–Crippen MR) is 26.6 cm³/mol. The zero-order chi connectivity index (χ0) is 4.28. The first-order valence-corrected chi connectivity index (χ1v) is 1.82. The minimum atomic E-state index is 0.537. The summed E-state index contributed by atoms with van der Waals surface area (Å²) in [4.78, 5) is 0. The maximum atomic E-state index is 5.05. The van der Waals surface area contributed by atoms with Crippen LogP contribution in [0.25, 0.3) is 0 Å². The van der Waals surface area contributed by atoms with Crippen molar-refractivity contribution in [3.8, 4) is 0 Å². The van der Waals surface area contributed by atoms with Gasteiger partial charge in [0.15, 0.2) is 0 Å². The first kappa shape index (κ1) is 5.13. The van der Waals surface area contributed by atoms with Crippen LogP contribution in [0.5, 0.6) is 0 Å². The van der Waals surface area contributed by atoms with Gasteiger partial charge >= 0.3 is 33.8 Å². The topological polar surface area (TPSA) is 0 Å². The van der Waals surface area contributed by atoms with Crippen LogP contribution >= 0.6 is 0 Å². The average molecular weight is 64.7 g/mol. The second-order valence-electron chi connectivity index (χ2n) is 1.44. The van der Waals surface area contributed by atoms with Gasteiger partial charge < -0.3 is 0 Å². The van der Waals surface area contributed by atoms with Gasteiger partial charge in [0, 0.05) is 0 Å². The zero-order valence-corrected chi connectivity index (χ0v) is 3.73. The quantitative estimate of drug-likeness (QED) is 0.392. The molecule has 0 aromatic heterocycles. The molecule has 1 radical (unpaired) electrons. The fraction of sp³-hybridized carbons (Fsp3) is 1.00. The Hall–Kier alpha value is 0.130. The van der Waals surface area contributed by atoms with E-state index in [1.165, 1.54) is 0 Å². The Balaban J connectivity index is 2.83. The molecule has 0 bridgehead atoms. The van der Waals surface area contributed by atoms with E-state index in [-0.39, 0.29) is 0 Å². The van der Waals surface area contributed by atoms with E-state index in [9.17, 15) is 0 Å². The molecule has 5 heavy (non-hydrogen) atoms. The monoisotopic (exact) mass is 65.1 g/mol. The van der Waals surface area contributed by atoms with Crippen molar-refractivity contribution in [3.63, 3.8) is 0 Å². The fourth-order valence-electron chi connectivity index (χ4n) is 0. The van der Waals surface area contributed by atoms with Gasteiger partial charge in [-0.2, -0.15) is 0 Å². The third-order valence-electron chi connectivity index (χ3n) is 0.385. The first-order valence-electron chi connectivity index (χ1n) is 1.82. The van der Waals surface area contributed by atoms with E-state index >= 15 is 0 Å². The summed E-state index contributed by atoms with van der Waals surface area (Å²) in [7, 11) is 5.05. The molecular formula is C3H7B2. The average Bonchev–Trinajstić information content (AvgIpc) is 1.38. The van der Waals surface area contributed by atoms with Gasteiger partial charge in [-0.3, -0.25) is 0 Å². The molecule has 0 saturated carbocycles. The van der Waals surface area contributed by atoms with E-state index in [2.05, 4.69) is 0 Å². The van der Waals surface area contributed by atoms with Gasteiger partial charge in [-0.05, 0) is 0 Å². The zero-order valence-electron chi connectivity index (χ0n) is 3.73. The molecule has 0 N–H and O–H groups in total. The van der Waals surface area contributed by atoms with Crippen LogP contribution in [0.3, 0.4) is 0 Å². The van der Waals surface area contributed by atoms with E-state index in [1.807, 2.05) is 13.8 Å². The van der Waals surface area contributed by atoms with Crippen molar-refractivity contribution in [1.29, 1.82) is 0 Å². The van der Waals surface area contributed by atoms with Crippen molar-refractivity contribution in [2.24, 2.45) is 0 Å². The predicted octanol–water partition coefficient (Wildman–Crippen LogP) is 0.602. The minimum absolute atomic E-state index is 0.537. The van der Waals surface area contributed by atoms with Gasteiger partial charge in [0.25, 0.3) is 0 Å². The summed E-state index contributed by atoms with van der Waals surface area (Å²) in [5, 5.41) is 0. The second kappa shape index (κ2) is 2.37. The van der Waals surface area contributed by atoms with E-state index in [4.69, 9.17) is 7.37 Å². The third-order valence-corrected chi connectivity index (χ3v) is 0.385. The molecule has 0 heterocycles. The number of hydrogen-bond acceptors (Lipinski definition) is 0. The van der Waals surface area contributed by atoms with Crippen LogP contribution in [-0.4, -0.2) is 14.2 Å². The van der Waals surface area contributed by atoms with Crippen molar-refractivity contribution < 1.29 is 0 Å². The van der Waals surface area contributed by atoms with Gasteiger partial charge in [-0.1, -0.05) is 0 Å². The Morgan fingerprint density at radius 3 is 1.80 bits per heavy atom. The Labute approximate surface area is 34.9 Å². The summed E-state index contributed by atoms with van der Waals surface area (Å²) in [6.07, 6.45) is 0. The standard InChI is InChI=1S/C3H7B2/c1-3(2)5-4/h3H,1-2H3. The Morgan fingerprint density at radius 2 is 1.80 bits per heavy atom. The molecule has 25 valence electrons. The molecule has 0 nitrogen and oxygen atoms in total. The van der Waals surface area contributed by atoms with E-state index in [0.717, 1.165) is 0 Å². The SMILES string of the molecule is [B]=BC(C)C. The number of rotatable bonds is 1. The van der Waals surface area contributed by atoms with Crippen LogP contribution in [0.4, 0.5) is 0 Å². The maximum absolute atomic E-state index is 5.05. The van der Waals surface area contributed by atoms with E-state index in [0.29, 0.717) is 5.82 Å². The van der Waals surface area contributed by atoms with Crippen LogP contribution in [-0.2, 0) is 0 Å². The Morgan fingerprint density at radius 1 is 1.60 bits per heavy atom. The van der Waals surface area contributed by atoms with Crippen LogP contribution in [0.2, 0.25) is 5.82 Å². The van der Waals surface area contributed by atoms with Gasteiger partial charge in [-0.25, -0.2) is 0 Å². The van der Waals surface area contributed by atoms with Gasteiger partial charge in [0.05, 0.1) is 0 Å². The van der Waals surface area contributed by atoms with Crippen LogP contribution < -0.4 is 0 Å². The molecule has 0 rings (SSSR count). The molecule has 0 spiro atoms. The summed E-state index contributed by atoms with van der Waals surface area (Å²) in [6.45, 7) is 5.75. The molecule has 0 aliphatic rings. The Kier molecular flexibility index (Phi) is 2.43. The van der Waals surface area contributed by atoms with Gasteiger partial charge in [0.2, 0.25) is 0 Å². The molecule has 0 aromatic carbocycles. The molecular weight excluding hydrogens is 57.7 g/mol. The van der Waals surface area contributed by atoms with Crippen LogP contribution in [0, 0.1) is 0 Å². The number of hydrogen-bond donors (Lipinski definition) is 0. The van der Waals surface area contributed by atoms with E-state index < -0.39 is 0 Å². The molecule has 0 amide bonds. The summed E-state index contributed by atoms with van der Waals surface area (Å²) in [5.74, 6) is 0.537. The molecule has 0 atom stereocenters. The van der Waals surface area contributed by atoms with Crippen molar-refractivity contribution in [2.75, 3.05) is 0 Å². The molecule has 0 fully saturated rings. The van der Waals surface area contributed by atoms with Gasteiger partial charge in [0.1, 0.15) is 0 Å². The van der Waals surface area contributed by atoms with Crippen LogP contribution in [0.1, 0.15) is 13.8 Å². The second-order valence-corrected chi connectivity index (χ2v) is 1.44. The van der Waals surface area contributed by atoms with E-state index in [1.54, 1.807) is 6.80 Å². The third kappa shape index (κ3) is 4.13. The molecule has 0 aromatic rings.